The molecule has 1 aromatic heterocycles. The van der Waals surface area contributed by atoms with Crippen LogP contribution in [0.4, 0.5) is 0 Å². The van der Waals surface area contributed by atoms with Crippen molar-refractivity contribution in [1.82, 2.24) is 9.88 Å². The molecule has 2 aromatic rings. The Bertz CT molecular complexity index is 630. The van der Waals surface area contributed by atoms with Crippen LogP contribution < -0.4 is 5.32 Å². The highest BCUT2D eigenvalue weighted by atomic mass is 35.5. The molecule has 0 aliphatic carbocycles. The predicted molar refractivity (Wildman–Crippen MR) is 85.4 cm³/mol. The van der Waals surface area contributed by atoms with Gasteiger partial charge in [-0.25, -0.2) is 0 Å². The average molecular weight is 306 g/mol. The molecular weight excluding hydrogens is 286 g/mol. The lowest BCUT2D eigenvalue weighted by molar-refractivity contribution is 0.199. The van der Waals surface area contributed by atoms with E-state index in [1.54, 1.807) is 7.11 Å². The van der Waals surface area contributed by atoms with Crippen LogP contribution in [-0.2, 0) is 17.8 Å². The first kappa shape index (κ1) is 15.8. The Morgan fingerprint density at radius 2 is 2.29 bits per heavy atom. The highest BCUT2D eigenvalue weighted by Gasteiger charge is 2.08. The number of nitriles is 1. The first-order chi connectivity index (χ1) is 10.3. The molecule has 1 N–H and O–H groups in total. The number of nitrogens with zero attached hydrogens (tertiary/aromatic N) is 2. The quantitative estimate of drug-likeness (QED) is 0.761. The fourth-order valence-electron chi connectivity index (χ4n) is 2.39. The Balaban J connectivity index is 2.18. The number of aromatic nitrogens is 1. The van der Waals surface area contributed by atoms with Crippen LogP contribution in [0.5, 0.6) is 0 Å². The second-order valence-electron chi connectivity index (χ2n) is 4.94. The monoisotopic (exact) mass is 305 g/mol. The Hall–Kier alpha value is -1.54. The molecule has 21 heavy (non-hydrogen) atoms. The third kappa shape index (κ3) is 4.21. The molecule has 0 atom stereocenters. The van der Waals surface area contributed by atoms with Gasteiger partial charge in [0.05, 0.1) is 12.7 Å². The Morgan fingerprint density at radius 1 is 1.43 bits per heavy atom. The van der Waals surface area contributed by atoms with E-state index in [0.717, 1.165) is 36.6 Å². The van der Waals surface area contributed by atoms with Gasteiger partial charge in [0.25, 0.3) is 0 Å². The lowest BCUT2D eigenvalue weighted by atomic mass is 10.2. The summed E-state index contributed by atoms with van der Waals surface area (Å²) >= 11 is 6.11. The van der Waals surface area contributed by atoms with Crippen molar-refractivity contribution in [3.63, 3.8) is 0 Å². The van der Waals surface area contributed by atoms with Crippen LogP contribution in [0.15, 0.2) is 24.4 Å². The second-order valence-corrected chi connectivity index (χ2v) is 5.38. The minimum absolute atomic E-state index is 0.571. The lowest BCUT2D eigenvalue weighted by Gasteiger charge is -2.03. The molecule has 5 heteroatoms. The topological polar surface area (TPSA) is 50.0 Å². The highest BCUT2D eigenvalue weighted by Crippen LogP contribution is 2.25. The van der Waals surface area contributed by atoms with Gasteiger partial charge in [-0.05, 0) is 24.1 Å². The minimum Gasteiger partial charge on any atom is -0.383 e. The van der Waals surface area contributed by atoms with Crippen LogP contribution in [0.2, 0.25) is 5.02 Å². The molecule has 0 bridgehead atoms. The number of benzene rings is 1. The summed E-state index contributed by atoms with van der Waals surface area (Å²) in [5, 5.41) is 14.0. The fraction of sp³-hybridized carbons (Fsp3) is 0.438. The molecule has 0 spiro atoms. The number of rotatable bonds is 8. The molecule has 1 aromatic carbocycles. The van der Waals surface area contributed by atoms with E-state index in [9.17, 15) is 0 Å². The van der Waals surface area contributed by atoms with Gasteiger partial charge >= 0.3 is 0 Å². The zero-order chi connectivity index (χ0) is 15.1. The Labute approximate surface area is 130 Å². The summed E-state index contributed by atoms with van der Waals surface area (Å²) in [6.07, 6.45) is 3.57. The molecule has 112 valence electrons. The number of ether oxygens (including phenoxy) is 1. The molecule has 0 aliphatic heterocycles. The molecule has 2 rings (SSSR count). The third-order valence-corrected chi connectivity index (χ3v) is 3.65. The molecule has 4 nitrogen and oxygen atoms in total. The van der Waals surface area contributed by atoms with E-state index in [1.165, 1.54) is 10.9 Å². The number of fused-ring (bicyclic) bond motifs is 1. The zero-order valence-electron chi connectivity index (χ0n) is 12.2. The van der Waals surface area contributed by atoms with Gasteiger partial charge in [-0.2, -0.15) is 5.26 Å². The molecule has 1 heterocycles. The van der Waals surface area contributed by atoms with Gasteiger partial charge in [0.15, 0.2) is 0 Å². The summed E-state index contributed by atoms with van der Waals surface area (Å²) in [6.45, 7) is 3.16. The highest BCUT2D eigenvalue weighted by molar-refractivity contribution is 6.31. The first-order valence-corrected chi connectivity index (χ1v) is 7.48. The van der Waals surface area contributed by atoms with Crippen LogP contribution in [0, 0.1) is 11.3 Å². The maximum atomic E-state index is 8.67. The summed E-state index contributed by atoms with van der Waals surface area (Å²) in [5.74, 6) is 0. The molecule has 0 radical (unpaired) electrons. The molecule has 0 saturated carbocycles. The van der Waals surface area contributed by atoms with Crippen molar-refractivity contribution < 1.29 is 4.74 Å². The summed E-state index contributed by atoms with van der Waals surface area (Å²) in [4.78, 5) is 0. The van der Waals surface area contributed by atoms with E-state index >= 15 is 0 Å². The van der Waals surface area contributed by atoms with Gasteiger partial charge in [0.2, 0.25) is 0 Å². The van der Waals surface area contributed by atoms with Crippen molar-refractivity contribution in [2.24, 2.45) is 0 Å². The minimum atomic E-state index is 0.571. The fourth-order valence-corrected chi connectivity index (χ4v) is 2.56. The van der Waals surface area contributed by atoms with Crippen molar-refractivity contribution in [2.75, 3.05) is 20.3 Å². The number of methoxy groups -OCH3 is 1. The number of halogens is 1. The summed E-state index contributed by atoms with van der Waals surface area (Å²) < 4.78 is 7.22. The average Bonchev–Trinajstić information content (AvgIpc) is 2.81. The van der Waals surface area contributed by atoms with Crippen LogP contribution >= 0.6 is 11.6 Å². The molecule has 0 fully saturated rings. The van der Waals surface area contributed by atoms with E-state index in [-0.39, 0.29) is 0 Å². The number of unbranched alkanes of at least 4 members (excludes halogenated alkanes) is 1. The molecule has 0 saturated heterocycles. The third-order valence-electron chi connectivity index (χ3n) is 3.41. The van der Waals surface area contributed by atoms with Gasteiger partial charge < -0.3 is 14.6 Å². The summed E-state index contributed by atoms with van der Waals surface area (Å²) in [6, 6.07) is 8.16. The van der Waals surface area contributed by atoms with Gasteiger partial charge in [-0.3, -0.25) is 0 Å². The Morgan fingerprint density at radius 3 is 3.05 bits per heavy atom. The number of hydrogen-bond acceptors (Lipinski definition) is 3. The predicted octanol–water partition coefficient (Wildman–Crippen LogP) is 3.33. The van der Waals surface area contributed by atoms with Gasteiger partial charge in [-0.15, -0.1) is 0 Å². The molecule has 0 unspecified atom stereocenters. The zero-order valence-corrected chi connectivity index (χ0v) is 13.0. The van der Waals surface area contributed by atoms with Gasteiger partial charge in [-0.1, -0.05) is 17.7 Å². The Kier molecular flexibility index (Phi) is 6.06. The van der Waals surface area contributed by atoms with Crippen LogP contribution in [0.3, 0.4) is 0 Å². The second kappa shape index (κ2) is 8.04. The van der Waals surface area contributed by atoms with E-state index < -0.39 is 0 Å². The standard InChI is InChI=1S/C16H20ClN3O/c1-21-9-7-19-11-13-12-20(8-3-2-6-18)16-10-14(17)4-5-15(13)16/h4-5,10,12,19H,2-3,7-9,11H2,1H3. The van der Waals surface area contributed by atoms with Crippen LogP contribution in [0.1, 0.15) is 18.4 Å². The maximum absolute atomic E-state index is 8.67. The largest absolute Gasteiger partial charge is 0.383 e. The molecule has 0 amide bonds. The van der Waals surface area contributed by atoms with Crippen LogP contribution in [-0.4, -0.2) is 24.8 Å². The number of aryl methyl sites for hydroxylation is 1. The normalized spacial score (nSPS) is 10.9. The number of nitrogens with one attached hydrogen (secondary N) is 1. The first-order valence-electron chi connectivity index (χ1n) is 7.10. The van der Waals surface area contributed by atoms with Crippen molar-refractivity contribution in [3.05, 3.63) is 35.0 Å². The van der Waals surface area contributed by atoms with E-state index in [0.29, 0.717) is 13.0 Å². The number of hydrogen-bond donors (Lipinski definition) is 1. The molecule has 0 aliphatic rings. The van der Waals surface area contributed by atoms with Crippen molar-refractivity contribution in [1.29, 1.82) is 5.26 Å². The lowest BCUT2D eigenvalue weighted by Crippen LogP contribution is -2.18. The van der Waals surface area contributed by atoms with E-state index in [1.807, 2.05) is 12.1 Å². The van der Waals surface area contributed by atoms with E-state index in [2.05, 4.69) is 28.2 Å². The maximum Gasteiger partial charge on any atom is 0.0622 e. The van der Waals surface area contributed by atoms with Crippen molar-refractivity contribution >= 4 is 22.5 Å². The smallest absolute Gasteiger partial charge is 0.0622 e. The molecular formula is C16H20ClN3O. The van der Waals surface area contributed by atoms with Gasteiger partial charge in [0, 0.05) is 55.3 Å². The van der Waals surface area contributed by atoms with Gasteiger partial charge in [0.1, 0.15) is 0 Å². The summed E-state index contributed by atoms with van der Waals surface area (Å²) in [7, 11) is 1.70. The SMILES string of the molecule is COCCNCc1cn(CCCC#N)c2cc(Cl)ccc12. The van der Waals surface area contributed by atoms with Crippen molar-refractivity contribution in [3.8, 4) is 6.07 Å². The summed E-state index contributed by atoms with van der Waals surface area (Å²) in [5.41, 5.74) is 2.37. The van der Waals surface area contributed by atoms with Crippen molar-refractivity contribution in [2.45, 2.75) is 25.9 Å². The van der Waals surface area contributed by atoms with E-state index in [4.69, 9.17) is 21.6 Å². The van der Waals surface area contributed by atoms with Crippen LogP contribution in [0.25, 0.3) is 10.9 Å².